The molecule has 11 heteroatoms. The Hall–Kier alpha value is -2.63. The highest BCUT2D eigenvalue weighted by molar-refractivity contribution is 7.91. The van der Waals surface area contributed by atoms with Crippen molar-refractivity contribution in [2.45, 2.75) is 4.21 Å². The molecule has 152 valence electrons. The number of esters is 1. The van der Waals surface area contributed by atoms with E-state index in [0.29, 0.717) is 0 Å². The molecule has 0 aliphatic rings. The van der Waals surface area contributed by atoms with Gasteiger partial charge in [0.2, 0.25) is 5.91 Å². The second-order valence-electron chi connectivity index (χ2n) is 5.49. The molecule has 2 rings (SSSR count). The van der Waals surface area contributed by atoms with Crippen molar-refractivity contribution in [1.29, 1.82) is 0 Å². The molecule has 2 aromatic rings. The molecule has 0 atom stereocenters. The number of hydrogen-bond donors (Lipinski definition) is 1. The SMILES string of the molecule is COC(=O)c1cc(OC)c(OC)cc1NC(=O)CN(C)S(=O)(=O)c1cccs1. The number of benzene rings is 1. The Morgan fingerprint density at radius 2 is 1.79 bits per heavy atom. The molecule has 0 saturated carbocycles. The average Bonchev–Trinajstić information content (AvgIpc) is 3.22. The maximum absolute atomic E-state index is 12.4. The number of anilines is 1. The number of nitrogens with one attached hydrogen (secondary N) is 1. The van der Waals surface area contributed by atoms with Crippen LogP contribution in [-0.2, 0) is 19.6 Å². The molecule has 0 spiro atoms. The van der Waals surface area contributed by atoms with Gasteiger partial charge in [-0.05, 0) is 11.4 Å². The number of hydrogen-bond acceptors (Lipinski definition) is 8. The van der Waals surface area contributed by atoms with Crippen molar-refractivity contribution >= 4 is 38.9 Å². The van der Waals surface area contributed by atoms with E-state index >= 15 is 0 Å². The normalized spacial score (nSPS) is 11.2. The van der Waals surface area contributed by atoms with E-state index < -0.39 is 28.4 Å². The van der Waals surface area contributed by atoms with Crippen LogP contribution >= 0.6 is 11.3 Å². The fraction of sp³-hybridized carbons (Fsp3) is 0.294. The highest BCUT2D eigenvalue weighted by atomic mass is 32.2. The molecule has 1 heterocycles. The monoisotopic (exact) mass is 428 g/mol. The highest BCUT2D eigenvalue weighted by Gasteiger charge is 2.25. The Labute approximate surface area is 166 Å². The number of likely N-dealkylation sites (N-methyl/N-ethyl adjacent to an activating group) is 1. The van der Waals surface area contributed by atoms with Gasteiger partial charge in [0.25, 0.3) is 10.0 Å². The van der Waals surface area contributed by atoms with Gasteiger partial charge in [0.1, 0.15) is 4.21 Å². The van der Waals surface area contributed by atoms with Gasteiger partial charge in [0, 0.05) is 19.2 Å². The van der Waals surface area contributed by atoms with E-state index in [1.807, 2.05) is 0 Å². The lowest BCUT2D eigenvalue weighted by molar-refractivity contribution is -0.116. The second kappa shape index (κ2) is 9.04. The minimum atomic E-state index is -3.78. The molecule has 0 fully saturated rings. The lowest BCUT2D eigenvalue weighted by Crippen LogP contribution is -2.34. The van der Waals surface area contributed by atoms with E-state index in [2.05, 4.69) is 5.32 Å². The molecule has 0 aliphatic carbocycles. The quantitative estimate of drug-likeness (QED) is 0.638. The number of thiophene rings is 1. The van der Waals surface area contributed by atoms with E-state index in [-0.39, 0.29) is 27.0 Å². The molecule has 0 unspecified atom stereocenters. The van der Waals surface area contributed by atoms with Crippen LogP contribution in [0.4, 0.5) is 5.69 Å². The molecular formula is C17H20N2O7S2. The van der Waals surface area contributed by atoms with Crippen LogP contribution in [0.25, 0.3) is 0 Å². The van der Waals surface area contributed by atoms with E-state index in [1.54, 1.807) is 11.4 Å². The third kappa shape index (κ3) is 4.61. The predicted molar refractivity (Wildman–Crippen MR) is 104 cm³/mol. The molecule has 0 saturated heterocycles. The standard InChI is InChI=1S/C17H20N2O7S2/c1-19(28(22,23)16-6-5-7-27-16)10-15(20)18-12-9-14(25-3)13(24-2)8-11(12)17(21)26-4/h5-9H,10H2,1-4H3,(H,18,20). The number of ether oxygens (including phenoxy) is 3. The van der Waals surface area contributed by atoms with E-state index in [4.69, 9.17) is 14.2 Å². The topological polar surface area (TPSA) is 111 Å². The zero-order valence-corrected chi connectivity index (χ0v) is 17.3. The third-order valence-electron chi connectivity index (χ3n) is 3.73. The van der Waals surface area contributed by atoms with E-state index in [9.17, 15) is 18.0 Å². The average molecular weight is 428 g/mol. The first-order valence-corrected chi connectivity index (χ1v) is 10.2. The second-order valence-corrected chi connectivity index (χ2v) is 8.71. The van der Waals surface area contributed by atoms with Crippen molar-refractivity contribution in [3.63, 3.8) is 0 Å². The van der Waals surface area contributed by atoms with Crippen LogP contribution in [0, 0.1) is 0 Å². The van der Waals surface area contributed by atoms with Crippen molar-refractivity contribution in [2.75, 3.05) is 40.2 Å². The Kier molecular flexibility index (Phi) is 7.00. The Bertz CT molecular complexity index is 956. The lowest BCUT2D eigenvalue weighted by atomic mass is 10.1. The van der Waals surface area contributed by atoms with Crippen molar-refractivity contribution in [3.8, 4) is 11.5 Å². The molecule has 1 aromatic heterocycles. The first kappa shape index (κ1) is 21.7. The molecule has 0 radical (unpaired) electrons. The summed E-state index contributed by atoms with van der Waals surface area (Å²) in [7, 11) is 1.52. The van der Waals surface area contributed by atoms with Gasteiger partial charge in [-0.3, -0.25) is 4.79 Å². The van der Waals surface area contributed by atoms with Gasteiger partial charge in [0.05, 0.1) is 39.1 Å². The number of rotatable bonds is 8. The lowest BCUT2D eigenvalue weighted by Gasteiger charge is -2.17. The fourth-order valence-corrected chi connectivity index (χ4v) is 4.63. The van der Waals surface area contributed by atoms with Crippen LogP contribution in [0.15, 0.2) is 33.9 Å². The first-order valence-electron chi connectivity index (χ1n) is 7.88. The molecule has 28 heavy (non-hydrogen) atoms. The van der Waals surface area contributed by atoms with Crippen LogP contribution < -0.4 is 14.8 Å². The summed E-state index contributed by atoms with van der Waals surface area (Å²) in [5, 5.41) is 4.15. The molecular weight excluding hydrogens is 408 g/mol. The number of carbonyl (C=O) groups excluding carboxylic acids is 2. The van der Waals surface area contributed by atoms with Gasteiger partial charge in [-0.15, -0.1) is 11.3 Å². The van der Waals surface area contributed by atoms with E-state index in [0.717, 1.165) is 15.6 Å². The number of sulfonamides is 1. The number of nitrogens with zero attached hydrogens (tertiary/aromatic N) is 1. The van der Waals surface area contributed by atoms with Crippen LogP contribution in [0.1, 0.15) is 10.4 Å². The number of methoxy groups -OCH3 is 3. The van der Waals surface area contributed by atoms with Crippen molar-refractivity contribution in [3.05, 3.63) is 35.2 Å². The van der Waals surface area contributed by atoms with Crippen LogP contribution in [0.5, 0.6) is 11.5 Å². The van der Waals surface area contributed by atoms with Crippen LogP contribution in [0.2, 0.25) is 0 Å². The summed E-state index contributed by atoms with van der Waals surface area (Å²) in [6, 6.07) is 5.83. The summed E-state index contributed by atoms with van der Waals surface area (Å²) in [6.45, 7) is -0.449. The molecule has 0 bridgehead atoms. The summed E-state index contributed by atoms with van der Waals surface area (Å²) in [4.78, 5) is 24.5. The summed E-state index contributed by atoms with van der Waals surface area (Å²) < 4.78 is 41.0. The van der Waals surface area contributed by atoms with Gasteiger partial charge in [-0.2, -0.15) is 4.31 Å². The maximum Gasteiger partial charge on any atom is 0.340 e. The minimum absolute atomic E-state index is 0.0391. The molecule has 1 amide bonds. The summed E-state index contributed by atoms with van der Waals surface area (Å²) in [5.41, 5.74) is 0.147. The Morgan fingerprint density at radius 1 is 1.14 bits per heavy atom. The zero-order valence-electron chi connectivity index (χ0n) is 15.7. The van der Waals surface area contributed by atoms with E-state index in [1.165, 1.54) is 46.6 Å². The van der Waals surface area contributed by atoms with Gasteiger partial charge in [-0.25, -0.2) is 13.2 Å². The van der Waals surface area contributed by atoms with Crippen LogP contribution in [0.3, 0.4) is 0 Å². The maximum atomic E-state index is 12.4. The van der Waals surface area contributed by atoms with Crippen LogP contribution in [-0.4, -0.2) is 59.5 Å². The minimum Gasteiger partial charge on any atom is -0.493 e. The smallest absolute Gasteiger partial charge is 0.340 e. The molecule has 9 nitrogen and oxygen atoms in total. The largest absolute Gasteiger partial charge is 0.493 e. The summed E-state index contributed by atoms with van der Waals surface area (Å²) in [5.74, 6) is -0.779. The zero-order chi connectivity index (χ0) is 20.9. The van der Waals surface area contributed by atoms with Gasteiger partial charge in [-0.1, -0.05) is 6.07 Å². The van der Waals surface area contributed by atoms with Gasteiger partial charge < -0.3 is 19.5 Å². The van der Waals surface area contributed by atoms with Crippen molar-refractivity contribution in [2.24, 2.45) is 0 Å². The molecule has 0 aliphatic heterocycles. The Morgan fingerprint density at radius 3 is 2.32 bits per heavy atom. The number of amides is 1. The molecule has 1 N–H and O–H groups in total. The number of carbonyl (C=O) groups is 2. The third-order valence-corrected chi connectivity index (χ3v) is 6.91. The van der Waals surface area contributed by atoms with Crippen molar-refractivity contribution in [1.82, 2.24) is 4.31 Å². The predicted octanol–water partition coefficient (Wildman–Crippen LogP) is 1.81. The van der Waals surface area contributed by atoms with Crippen molar-refractivity contribution < 1.29 is 32.2 Å². The fourth-order valence-electron chi connectivity index (χ4n) is 2.30. The van der Waals surface area contributed by atoms with Gasteiger partial charge in [0.15, 0.2) is 11.5 Å². The highest BCUT2D eigenvalue weighted by Crippen LogP contribution is 2.33. The summed E-state index contributed by atoms with van der Waals surface area (Å²) in [6.07, 6.45) is 0. The summed E-state index contributed by atoms with van der Waals surface area (Å²) >= 11 is 1.05. The van der Waals surface area contributed by atoms with Gasteiger partial charge >= 0.3 is 5.97 Å². The molecule has 1 aromatic carbocycles. The first-order chi connectivity index (χ1) is 13.2. The Balaban J connectivity index is 2.26.